The van der Waals surface area contributed by atoms with Gasteiger partial charge in [-0.05, 0) is 27.7 Å². The first-order valence-electron chi connectivity index (χ1n) is 16.4. The molecule has 0 saturated carbocycles. The number of carbonyl (C=O) groups excluding carboxylic acids is 6. The summed E-state index contributed by atoms with van der Waals surface area (Å²) in [6, 6.07) is -1.33. The number of hydrogen-bond acceptors (Lipinski definition) is 18. The average Bonchev–Trinajstić information content (AvgIpc) is 3.50. The highest BCUT2D eigenvalue weighted by atomic mass is 32.2. The lowest BCUT2D eigenvalue weighted by atomic mass is 9.89. The van der Waals surface area contributed by atoms with Gasteiger partial charge in [0.15, 0.2) is 36.2 Å². The van der Waals surface area contributed by atoms with Gasteiger partial charge in [0.2, 0.25) is 5.91 Å². The van der Waals surface area contributed by atoms with Gasteiger partial charge in [-0.3, -0.25) is 24.0 Å². The molecule has 0 aromatic heterocycles. The predicted octanol–water partition coefficient (Wildman–Crippen LogP) is 0.288. The van der Waals surface area contributed by atoms with E-state index in [9.17, 15) is 28.8 Å². The summed E-state index contributed by atoms with van der Waals surface area (Å²) in [4.78, 5) is 75.1. The molecule has 4 aliphatic heterocycles. The summed E-state index contributed by atoms with van der Waals surface area (Å²) in [6.07, 6.45) is -10.8. The van der Waals surface area contributed by atoms with Crippen LogP contribution in [0.15, 0.2) is 0 Å². The van der Waals surface area contributed by atoms with Crippen LogP contribution in [0.2, 0.25) is 0 Å². The minimum Gasteiger partial charge on any atom is -0.467 e. The van der Waals surface area contributed by atoms with Gasteiger partial charge in [0.25, 0.3) is 0 Å². The van der Waals surface area contributed by atoms with E-state index in [1.54, 1.807) is 27.7 Å². The highest BCUT2D eigenvalue weighted by Crippen LogP contribution is 2.46. The van der Waals surface area contributed by atoms with E-state index in [0.29, 0.717) is 0 Å². The smallest absolute Gasteiger partial charge is 0.336 e. The van der Waals surface area contributed by atoms with Crippen LogP contribution in [0.4, 0.5) is 0 Å². The average molecular weight is 750 g/mol. The minimum absolute atomic E-state index is 0.0975. The first kappa shape index (κ1) is 40.7. The normalized spacial score (nSPS) is 34.5. The number of thioether (sulfide) groups is 1. The first-order valence-corrected chi connectivity index (χ1v) is 17.4. The monoisotopic (exact) mass is 749 g/mol. The van der Waals surface area contributed by atoms with Crippen LogP contribution in [0, 0.1) is 0 Å². The molecule has 12 atom stereocenters. The Morgan fingerprint density at radius 3 is 1.94 bits per heavy atom. The van der Waals surface area contributed by atoms with Gasteiger partial charge >= 0.3 is 29.8 Å². The number of fused-ring (bicyclic) bond motifs is 3. The summed E-state index contributed by atoms with van der Waals surface area (Å²) in [5.41, 5.74) is 0. The topological polar surface area (TPSA) is 216 Å². The van der Waals surface area contributed by atoms with E-state index in [1.807, 2.05) is 0 Å². The number of methoxy groups -OCH3 is 1. The zero-order chi connectivity index (χ0) is 38.0. The van der Waals surface area contributed by atoms with Gasteiger partial charge in [0, 0.05) is 40.4 Å². The number of ether oxygens (including phenoxy) is 11. The number of nitrogens with one attached hydrogen (secondary N) is 1. The number of rotatable bonds is 12. The molecule has 0 radical (unpaired) electrons. The van der Waals surface area contributed by atoms with E-state index < -0.39 is 126 Å². The van der Waals surface area contributed by atoms with E-state index in [0.717, 1.165) is 46.6 Å². The Bertz CT molecular complexity index is 1340. The Balaban J connectivity index is 1.73. The van der Waals surface area contributed by atoms with Crippen molar-refractivity contribution in [3.05, 3.63) is 0 Å². The molecule has 51 heavy (non-hydrogen) atoms. The maximum absolute atomic E-state index is 13.5. The summed E-state index contributed by atoms with van der Waals surface area (Å²) in [5.74, 6) is -6.60. The molecule has 4 saturated heterocycles. The van der Waals surface area contributed by atoms with Crippen molar-refractivity contribution in [2.24, 2.45) is 0 Å². The van der Waals surface area contributed by atoms with E-state index >= 15 is 0 Å². The molecule has 4 fully saturated rings. The molecular weight excluding hydrogens is 702 g/mol. The molecule has 18 nitrogen and oxygen atoms in total. The van der Waals surface area contributed by atoms with E-state index in [2.05, 4.69) is 5.32 Å². The molecule has 19 heteroatoms. The maximum atomic E-state index is 13.5. The molecule has 0 aliphatic carbocycles. The van der Waals surface area contributed by atoms with Crippen molar-refractivity contribution < 1.29 is 80.9 Å². The van der Waals surface area contributed by atoms with Gasteiger partial charge in [-0.25, -0.2) is 4.79 Å². The Labute approximate surface area is 299 Å². The summed E-state index contributed by atoms with van der Waals surface area (Å²) in [6.45, 7) is 12.0. The van der Waals surface area contributed by atoms with Gasteiger partial charge in [-0.15, -0.1) is 11.8 Å². The second kappa shape index (κ2) is 16.3. The van der Waals surface area contributed by atoms with Gasteiger partial charge < -0.3 is 57.4 Å². The van der Waals surface area contributed by atoms with Crippen LogP contribution in [-0.2, 0) is 80.9 Å². The third-order valence-electron chi connectivity index (χ3n) is 8.20. The summed E-state index contributed by atoms with van der Waals surface area (Å²) >= 11 is 1.11. The number of carbonyl (C=O) groups is 6. The molecule has 0 aromatic carbocycles. The minimum atomic E-state index is -1.60. The quantitative estimate of drug-likeness (QED) is 0.210. The standard InChI is InChI=1S/C32H47NO17S/c1-13(34)33-20-23(21(43-16(4)37)18(42-15(3)36)11-41-14(2)35)46-27(29(39)40-10)28(24(20)44-17(5)38)51-12-19-22-25(48-31(6,7)47-22)26-30(45-19)50-32(8,9)49-26/h18-28,30H,11-12H2,1-10H3,(H,33,34)/t18-,19-,20+,21-,22+,23-,24-,25+,26-,27+,28-,30-/m1/s1. The molecule has 0 aromatic rings. The SMILES string of the molecule is COC(=O)[C@H]1O[C@@H]([C@H](OC(C)=O)[C@@H](COC(C)=O)OC(C)=O)[C@H](NC(C)=O)[C@@H](OC(C)=O)[C@H]1SC[C@H]1O[C@@H]2OC(C)(C)O[C@@H]2[C@H]2OC(C)(C)O[C@H]21. The molecule has 288 valence electrons. The third kappa shape index (κ3) is 10.1. The fourth-order valence-corrected chi connectivity index (χ4v) is 8.03. The van der Waals surface area contributed by atoms with E-state index in [1.165, 1.54) is 6.92 Å². The van der Waals surface area contributed by atoms with Crippen molar-refractivity contribution in [3.63, 3.8) is 0 Å². The van der Waals surface area contributed by atoms with Gasteiger partial charge in [-0.2, -0.15) is 0 Å². The molecule has 0 spiro atoms. The molecule has 0 unspecified atom stereocenters. The molecular formula is C32H47NO17S. The lowest BCUT2D eigenvalue weighted by Gasteiger charge is -2.48. The molecule has 4 aliphatic rings. The van der Waals surface area contributed by atoms with Crippen LogP contribution < -0.4 is 5.32 Å². The van der Waals surface area contributed by atoms with Crippen molar-refractivity contribution >= 4 is 47.5 Å². The van der Waals surface area contributed by atoms with Crippen LogP contribution >= 0.6 is 11.8 Å². The van der Waals surface area contributed by atoms with Gasteiger partial charge in [0.05, 0.1) is 24.5 Å². The third-order valence-corrected chi connectivity index (χ3v) is 9.62. The van der Waals surface area contributed by atoms with Crippen LogP contribution in [0.3, 0.4) is 0 Å². The molecule has 1 amide bonds. The van der Waals surface area contributed by atoms with Crippen molar-refractivity contribution in [3.8, 4) is 0 Å². The Morgan fingerprint density at radius 2 is 1.37 bits per heavy atom. The molecule has 4 rings (SSSR count). The number of amides is 1. The van der Waals surface area contributed by atoms with Gasteiger partial charge in [-0.1, -0.05) is 0 Å². The van der Waals surface area contributed by atoms with Crippen LogP contribution in [-0.4, -0.2) is 139 Å². The van der Waals surface area contributed by atoms with Gasteiger partial charge in [0.1, 0.15) is 37.1 Å². The fourth-order valence-electron chi connectivity index (χ4n) is 6.58. The van der Waals surface area contributed by atoms with Crippen molar-refractivity contribution in [2.45, 2.75) is 146 Å². The summed E-state index contributed by atoms with van der Waals surface area (Å²) in [5, 5.41) is 1.60. The Hall–Kier alpha value is -3.07. The first-order chi connectivity index (χ1) is 23.7. The van der Waals surface area contributed by atoms with Crippen molar-refractivity contribution in [1.82, 2.24) is 5.32 Å². The van der Waals surface area contributed by atoms with Crippen LogP contribution in [0.1, 0.15) is 62.3 Å². The number of esters is 5. The van der Waals surface area contributed by atoms with Crippen molar-refractivity contribution in [1.29, 1.82) is 0 Å². The lowest BCUT2D eigenvalue weighted by molar-refractivity contribution is -0.228. The van der Waals surface area contributed by atoms with E-state index in [-0.39, 0.29) is 5.75 Å². The molecule has 0 bridgehead atoms. The van der Waals surface area contributed by atoms with E-state index in [4.69, 9.17) is 52.1 Å². The zero-order valence-corrected chi connectivity index (χ0v) is 31.0. The lowest BCUT2D eigenvalue weighted by Crippen LogP contribution is -2.69. The second-order valence-corrected chi connectivity index (χ2v) is 14.6. The fraction of sp³-hybridized carbons (Fsp3) is 0.812. The van der Waals surface area contributed by atoms with Crippen LogP contribution in [0.5, 0.6) is 0 Å². The van der Waals surface area contributed by atoms with Crippen LogP contribution in [0.25, 0.3) is 0 Å². The molecule has 4 heterocycles. The molecule has 1 N–H and O–H groups in total. The Morgan fingerprint density at radius 1 is 0.765 bits per heavy atom. The predicted molar refractivity (Wildman–Crippen MR) is 170 cm³/mol. The largest absolute Gasteiger partial charge is 0.467 e. The number of hydrogen-bond donors (Lipinski definition) is 1. The zero-order valence-electron chi connectivity index (χ0n) is 30.2. The highest BCUT2D eigenvalue weighted by molar-refractivity contribution is 8.00. The Kier molecular flexibility index (Phi) is 13.0. The highest BCUT2D eigenvalue weighted by Gasteiger charge is 2.62. The van der Waals surface area contributed by atoms with Crippen molar-refractivity contribution in [2.75, 3.05) is 19.5 Å². The summed E-state index contributed by atoms with van der Waals surface area (Å²) in [7, 11) is 1.12. The second-order valence-electron chi connectivity index (χ2n) is 13.4. The summed E-state index contributed by atoms with van der Waals surface area (Å²) < 4.78 is 64.1. The maximum Gasteiger partial charge on any atom is 0.336 e.